The Bertz CT molecular complexity index is 785. The molecule has 3 rings (SSSR count). The summed E-state index contributed by atoms with van der Waals surface area (Å²) in [5.74, 6) is 0.158. The van der Waals surface area contributed by atoms with Crippen LogP contribution in [0.25, 0.3) is 11.0 Å². The molecule has 1 saturated heterocycles. The minimum Gasteiger partial charge on any atom is -0.341 e. The van der Waals surface area contributed by atoms with E-state index in [0.717, 1.165) is 24.0 Å². The SMILES string of the molecule is CC(C)n1ncc2cc(NC(=O)N[C@@H](C)CN3CCCC3=O)cnc21. The molecule has 134 valence electrons. The van der Waals surface area contributed by atoms with Crippen molar-refractivity contribution >= 4 is 28.7 Å². The van der Waals surface area contributed by atoms with Crippen LogP contribution in [-0.2, 0) is 4.79 Å². The van der Waals surface area contributed by atoms with Gasteiger partial charge in [-0.2, -0.15) is 5.10 Å². The summed E-state index contributed by atoms with van der Waals surface area (Å²) in [5.41, 5.74) is 1.40. The van der Waals surface area contributed by atoms with Gasteiger partial charge >= 0.3 is 6.03 Å². The van der Waals surface area contributed by atoms with Gasteiger partial charge in [0.1, 0.15) is 0 Å². The van der Waals surface area contributed by atoms with E-state index in [-0.39, 0.29) is 24.0 Å². The number of nitrogens with zero attached hydrogens (tertiary/aromatic N) is 4. The average molecular weight is 344 g/mol. The van der Waals surface area contributed by atoms with E-state index in [4.69, 9.17) is 0 Å². The Morgan fingerprint density at radius 1 is 1.32 bits per heavy atom. The third kappa shape index (κ3) is 3.89. The Hall–Kier alpha value is -2.64. The van der Waals surface area contributed by atoms with E-state index >= 15 is 0 Å². The Morgan fingerprint density at radius 3 is 2.80 bits per heavy atom. The maximum atomic E-state index is 12.2. The van der Waals surface area contributed by atoms with Crippen LogP contribution < -0.4 is 10.6 Å². The number of hydrogen-bond acceptors (Lipinski definition) is 4. The van der Waals surface area contributed by atoms with Crippen LogP contribution >= 0.6 is 0 Å². The summed E-state index contributed by atoms with van der Waals surface area (Å²) >= 11 is 0. The van der Waals surface area contributed by atoms with Crippen molar-refractivity contribution in [3.8, 4) is 0 Å². The summed E-state index contributed by atoms with van der Waals surface area (Å²) in [5, 5.41) is 10.8. The lowest BCUT2D eigenvalue weighted by atomic mass is 10.3. The molecule has 2 aromatic heterocycles. The fourth-order valence-corrected chi connectivity index (χ4v) is 3.05. The van der Waals surface area contributed by atoms with Gasteiger partial charge in [0.2, 0.25) is 5.91 Å². The van der Waals surface area contributed by atoms with Gasteiger partial charge in [-0.15, -0.1) is 0 Å². The van der Waals surface area contributed by atoms with E-state index in [9.17, 15) is 9.59 Å². The zero-order chi connectivity index (χ0) is 18.0. The molecule has 1 aliphatic rings. The van der Waals surface area contributed by atoms with Crippen LogP contribution in [0.4, 0.5) is 10.5 Å². The van der Waals surface area contributed by atoms with Crippen molar-refractivity contribution in [3.63, 3.8) is 0 Å². The molecule has 8 heteroatoms. The fraction of sp³-hybridized carbons (Fsp3) is 0.529. The number of rotatable bonds is 5. The van der Waals surface area contributed by atoms with E-state index in [1.165, 1.54) is 0 Å². The minimum absolute atomic E-state index is 0.123. The highest BCUT2D eigenvalue weighted by atomic mass is 16.2. The van der Waals surface area contributed by atoms with Crippen LogP contribution in [0.1, 0.15) is 39.7 Å². The van der Waals surface area contributed by atoms with Gasteiger partial charge in [-0.05, 0) is 33.3 Å². The lowest BCUT2D eigenvalue weighted by Crippen LogP contribution is -2.44. The number of likely N-dealkylation sites (tertiary alicyclic amines) is 1. The van der Waals surface area contributed by atoms with Crippen molar-refractivity contribution in [2.24, 2.45) is 0 Å². The summed E-state index contributed by atoms with van der Waals surface area (Å²) in [4.78, 5) is 30.0. The molecule has 0 unspecified atom stereocenters. The molecule has 0 radical (unpaired) electrons. The highest BCUT2D eigenvalue weighted by Gasteiger charge is 2.22. The predicted octanol–water partition coefficient (Wildman–Crippen LogP) is 2.14. The number of amides is 3. The number of urea groups is 1. The number of carbonyl (C=O) groups excluding carboxylic acids is 2. The smallest absolute Gasteiger partial charge is 0.319 e. The number of pyridine rings is 1. The topological polar surface area (TPSA) is 92.2 Å². The van der Waals surface area contributed by atoms with Crippen LogP contribution in [0.5, 0.6) is 0 Å². The van der Waals surface area contributed by atoms with Gasteiger partial charge in [0.15, 0.2) is 5.65 Å². The molecule has 2 N–H and O–H groups in total. The zero-order valence-electron chi connectivity index (χ0n) is 14.8. The average Bonchev–Trinajstić information content (AvgIpc) is 3.13. The molecule has 0 saturated carbocycles. The van der Waals surface area contributed by atoms with Gasteiger partial charge in [-0.3, -0.25) is 4.79 Å². The highest BCUT2D eigenvalue weighted by molar-refractivity contribution is 5.91. The molecule has 3 amide bonds. The maximum Gasteiger partial charge on any atom is 0.319 e. The first-order chi connectivity index (χ1) is 11.9. The van der Waals surface area contributed by atoms with Crippen molar-refractivity contribution in [2.45, 2.75) is 45.7 Å². The molecule has 0 bridgehead atoms. The van der Waals surface area contributed by atoms with Gasteiger partial charge < -0.3 is 15.5 Å². The molecule has 25 heavy (non-hydrogen) atoms. The number of fused-ring (bicyclic) bond motifs is 1. The molecule has 1 aliphatic heterocycles. The van der Waals surface area contributed by atoms with Crippen molar-refractivity contribution < 1.29 is 9.59 Å². The lowest BCUT2D eigenvalue weighted by Gasteiger charge is -2.21. The Balaban J connectivity index is 1.59. The lowest BCUT2D eigenvalue weighted by molar-refractivity contribution is -0.127. The molecule has 8 nitrogen and oxygen atoms in total. The van der Waals surface area contributed by atoms with Crippen molar-refractivity contribution in [2.75, 3.05) is 18.4 Å². The van der Waals surface area contributed by atoms with Crippen LogP contribution in [0, 0.1) is 0 Å². The third-order valence-corrected chi connectivity index (χ3v) is 4.22. The van der Waals surface area contributed by atoms with Crippen molar-refractivity contribution in [1.29, 1.82) is 0 Å². The molecule has 0 aliphatic carbocycles. The summed E-state index contributed by atoms with van der Waals surface area (Å²) in [6.45, 7) is 7.28. The zero-order valence-corrected chi connectivity index (χ0v) is 14.8. The second-order valence-corrected chi connectivity index (χ2v) is 6.76. The van der Waals surface area contributed by atoms with Crippen LogP contribution in [0.2, 0.25) is 0 Å². The molecular weight excluding hydrogens is 320 g/mol. The molecule has 1 atom stereocenters. The Morgan fingerprint density at radius 2 is 2.12 bits per heavy atom. The van der Waals surface area contributed by atoms with E-state index < -0.39 is 0 Å². The molecule has 1 fully saturated rings. The predicted molar refractivity (Wildman–Crippen MR) is 95.3 cm³/mol. The monoisotopic (exact) mass is 344 g/mol. The minimum atomic E-state index is -0.309. The van der Waals surface area contributed by atoms with Gasteiger partial charge in [0.05, 0.1) is 18.1 Å². The molecule has 0 aromatic carbocycles. The number of nitrogens with one attached hydrogen (secondary N) is 2. The summed E-state index contributed by atoms with van der Waals surface area (Å²) < 4.78 is 1.84. The van der Waals surface area contributed by atoms with Crippen LogP contribution in [0.3, 0.4) is 0 Å². The maximum absolute atomic E-state index is 12.2. The van der Waals surface area contributed by atoms with E-state index in [2.05, 4.69) is 20.7 Å². The second-order valence-electron chi connectivity index (χ2n) is 6.76. The standard InChI is InChI=1S/C17H24N6O2/c1-11(2)23-16-13(8-19-23)7-14(9-18-16)21-17(25)20-12(3)10-22-6-4-5-15(22)24/h7-9,11-12H,4-6,10H2,1-3H3,(H2,20,21,25)/t12-/m0/s1. The number of aromatic nitrogens is 3. The number of hydrogen-bond donors (Lipinski definition) is 2. The summed E-state index contributed by atoms with van der Waals surface area (Å²) in [6, 6.07) is 1.64. The fourth-order valence-electron chi connectivity index (χ4n) is 3.05. The Labute approximate surface area is 146 Å². The van der Waals surface area contributed by atoms with E-state index in [1.807, 2.05) is 31.5 Å². The number of anilines is 1. The highest BCUT2D eigenvalue weighted by Crippen LogP contribution is 2.19. The van der Waals surface area contributed by atoms with E-state index in [1.54, 1.807) is 17.3 Å². The Kier molecular flexibility index (Phi) is 4.87. The van der Waals surface area contributed by atoms with Gasteiger partial charge in [0.25, 0.3) is 0 Å². The van der Waals surface area contributed by atoms with Crippen LogP contribution in [-0.4, -0.2) is 50.7 Å². The molecule has 0 spiro atoms. The van der Waals surface area contributed by atoms with Crippen molar-refractivity contribution in [1.82, 2.24) is 25.0 Å². The van der Waals surface area contributed by atoms with Gasteiger partial charge in [0, 0.05) is 37.0 Å². The van der Waals surface area contributed by atoms with Gasteiger partial charge in [-0.1, -0.05) is 0 Å². The first kappa shape index (κ1) is 17.2. The first-order valence-electron chi connectivity index (χ1n) is 8.62. The third-order valence-electron chi connectivity index (χ3n) is 4.22. The molecule has 3 heterocycles. The largest absolute Gasteiger partial charge is 0.341 e. The number of carbonyl (C=O) groups is 2. The molecular formula is C17H24N6O2. The van der Waals surface area contributed by atoms with Gasteiger partial charge in [-0.25, -0.2) is 14.5 Å². The first-order valence-corrected chi connectivity index (χ1v) is 8.62. The summed E-state index contributed by atoms with van der Waals surface area (Å²) in [6.07, 6.45) is 4.87. The normalized spacial score (nSPS) is 15.8. The molecule has 2 aromatic rings. The quantitative estimate of drug-likeness (QED) is 0.869. The summed E-state index contributed by atoms with van der Waals surface area (Å²) in [7, 11) is 0. The van der Waals surface area contributed by atoms with Crippen LogP contribution in [0.15, 0.2) is 18.5 Å². The second kappa shape index (κ2) is 7.08. The van der Waals surface area contributed by atoms with Crippen molar-refractivity contribution in [3.05, 3.63) is 18.5 Å². The van der Waals surface area contributed by atoms with E-state index in [0.29, 0.717) is 18.7 Å².